The summed E-state index contributed by atoms with van der Waals surface area (Å²) in [6.07, 6.45) is 0.963. The van der Waals surface area contributed by atoms with E-state index in [9.17, 15) is 9.32 Å². The predicted molar refractivity (Wildman–Crippen MR) is 84.4 cm³/mol. The molecule has 0 bridgehead atoms. The van der Waals surface area contributed by atoms with Gasteiger partial charge in [-0.1, -0.05) is 29.3 Å². The molecule has 0 aromatic heterocycles. The summed E-state index contributed by atoms with van der Waals surface area (Å²) in [6.45, 7) is 2.90. The van der Waals surface area contributed by atoms with Crippen molar-refractivity contribution in [3.05, 3.63) is 28.2 Å². The van der Waals surface area contributed by atoms with Crippen LogP contribution in [0.25, 0.3) is 0 Å². The highest BCUT2D eigenvalue weighted by atomic mass is 35.5. The average molecular weight is 340 g/mol. The van der Waals surface area contributed by atoms with Gasteiger partial charge in [-0.25, -0.2) is 0 Å². The topological polar surface area (TPSA) is 58.6 Å². The maximum atomic E-state index is 11.2. The maximum Gasteiger partial charge on any atom is 0.156 e. The lowest BCUT2D eigenvalue weighted by molar-refractivity contribution is 0.107. The Balaban J connectivity index is 2.33. The van der Waals surface area contributed by atoms with Gasteiger partial charge in [0.05, 0.1) is 10.0 Å². The van der Waals surface area contributed by atoms with E-state index >= 15 is 0 Å². The minimum Gasteiger partial charge on any atom is -0.488 e. The summed E-state index contributed by atoms with van der Waals surface area (Å²) in [5.74, 6) is 0.373. The molecule has 1 rings (SSSR count). The molecular weight excluding hydrogens is 321 g/mol. The van der Waals surface area contributed by atoms with Crippen molar-refractivity contribution in [2.45, 2.75) is 18.3 Å². The van der Waals surface area contributed by atoms with E-state index in [4.69, 9.17) is 27.9 Å². The van der Waals surface area contributed by atoms with E-state index in [0.717, 1.165) is 0 Å². The Hall–Kier alpha value is -0.330. The van der Waals surface area contributed by atoms with Crippen LogP contribution in [0.15, 0.2) is 18.2 Å². The van der Waals surface area contributed by atoms with Crippen molar-refractivity contribution in [2.75, 3.05) is 26.0 Å². The summed E-state index contributed by atoms with van der Waals surface area (Å²) >= 11 is 11.9. The molecule has 1 aromatic carbocycles. The van der Waals surface area contributed by atoms with Crippen LogP contribution in [0.1, 0.15) is 6.92 Å². The van der Waals surface area contributed by atoms with Crippen molar-refractivity contribution < 1.29 is 14.1 Å². The van der Waals surface area contributed by atoms with Crippen LogP contribution in [0, 0.1) is 0 Å². The normalized spacial score (nSPS) is 15.7. The first kappa shape index (κ1) is 17.7. The number of ether oxygens (including phenoxy) is 1. The number of para-hydroxylation sites is 1. The van der Waals surface area contributed by atoms with Gasteiger partial charge >= 0.3 is 0 Å². The first-order valence-corrected chi connectivity index (χ1v) is 8.57. The van der Waals surface area contributed by atoms with Crippen LogP contribution >= 0.6 is 23.2 Å². The molecule has 0 radical (unpaired) electrons. The monoisotopic (exact) mass is 339 g/mol. The Morgan fingerprint density at radius 3 is 2.50 bits per heavy atom. The molecular formula is C13H19Cl2NO3S. The van der Waals surface area contributed by atoms with Crippen molar-refractivity contribution in [2.24, 2.45) is 0 Å². The van der Waals surface area contributed by atoms with Gasteiger partial charge in [-0.3, -0.25) is 4.21 Å². The lowest BCUT2D eigenvalue weighted by Gasteiger charge is -2.16. The number of rotatable bonds is 8. The largest absolute Gasteiger partial charge is 0.488 e. The fraction of sp³-hybridized carbons (Fsp3) is 0.538. The maximum absolute atomic E-state index is 11.2. The fourth-order valence-corrected chi connectivity index (χ4v) is 2.29. The van der Waals surface area contributed by atoms with Crippen molar-refractivity contribution >= 4 is 34.0 Å². The molecule has 0 saturated heterocycles. The Kier molecular flexibility index (Phi) is 7.84. The first-order valence-electron chi connectivity index (χ1n) is 6.19. The summed E-state index contributed by atoms with van der Waals surface area (Å²) < 4.78 is 16.6. The second-order valence-electron chi connectivity index (χ2n) is 4.48. The third-order valence-corrected chi connectivity index (χ3v) is 4.61. The first-order chi connectivity index (χ1) is 9.41. The Labute approximate surface area is 131 Å². The number of benzene rings is 1. The van der Waals surface area contributed by atoms with Crippen LogP contribution in [0.3, 0.4) is 0 Å². The molecule has 7 heteroatoms. The van der Waals surface area contributed by atoms with Crippen molar-refractivity contribution in [3.8, 4) is 5.75 Å². The zero-order chi connectivity index (χ0) is 15.1. The molecule has 3 atom stereocenters. The van der Waals surface area contributed by atoms with E-state index in [0.29, 0.717) is 28.9 Å². The lowest BCUT2D eigenvalue weighted by atomic mass is 10.3. The van der Waals surface area contributed by atoms with Crippen LogP contribution in [0.2, 0.25) is 10.0 Å². The fourth-order valence-electron chi connectivity index (χ4n) is 1.43. The number of nitrogens with one attached hydrogen (secondary N) is 1. The molecule has 0 fully saturated rings. The van der Waals surface area contributed by atoms with E-state index in [1.807, 2.05) is 6.92 Å². The molecule has 0 aliphatic heterocycles. The second kappa shape index (κ2) is 8.85. The summed E-state index contributed by atoms with van der Waals surface area (Å²) in [4.78, 5) is 0. The standard InChI is InChI=1S/C13H19Cl2NO3S/c1-9(20(2)18)6-16-7-10(17)8-19-13-11(14)4-3-5-12(13)15/h3-5,9-10,16-17H,6-8H2,1-2H3. The molecule has 1 aromatic rings. The molecule has 20 heavy (non-hydrogen) atoms. The molecule has 114 valence electrons. The van der Waals surface area contributed by atoms with Crippen LogP contribution in [-0.2, 0) is 10.8 Å². The van der Waals surface area contributed by atoms with Crippen molar-refractivity contribution in [1.29, 1.82) is 0 Å². The van der Waals surface area contributed by atoms with Crippen LogP contribution in [0.4, 0.5) is 0 Å². The van der Waals surface area contributed by atoms with E-state index in [2.05, 4.69) is 5.32 Å². The Morgan fingerprint density at radius 2 is 1.95 bits per heavy atom. The summed E-state index contributed by atoms with van der Waals surface area (Å²) in [7, 11) is -0.875. The summed E-state index contributed by atoms with van der Waals surface area (Å²) in [5, 5.41) is 13.7. The number of halogens is 2. The lowest BCUT2D eigenvalue weighted by Crippen LogP contribution is -2.36. The molecule has 3 unspecified atom stereocenters. The average Bonchev–Trinajstić information content (AvgIpc) is 2.37. The number of aliphatic hydroxyl groups excluding tert-OH is 1. The molecule has 4 nitrogen and oxygen atoms in total. The number of aliphatic hydroxyl groups is 1. The number of hydrogen-bond acceptors (Lipinski definition) is 4. The molecule has 0 spiro atoms. The van der Waals surface area contributed by atoms with E-state index in [-0.39, 0.29) is 11.9 Å². The molecule has 0 heterocycles. The third-order valence-electron chi connectivity index (χ3n) is 2.72. The molecule has 0 aliphatic carbocycles. The smallest absolute Gasteiger partial charge is 0.156 e. The van der Waals surface area contributed by atoms with Gasteiger partial charge in [0.1, 0.15) is 12.7 Å². The van der Waals surface area contributed by atoms with E-state index in [1.165, 1.54) is 0 Å². The van der Waals surface area contributed by atoms with Gasteiger partial charge in [-0.15, -0.1) is 0 Å². The molecule has 0 aliphatic rings. The Morgan fingerprint density at radius 1 is 1.35 bits per heavy atom. The highest BCUT2D eigenvalue weighted by molar-refractivity contribution is 7.84. The summed E-state index contributed by atoms with van der Waals surface area (Å²) in [6, 6.07) is 5.07. The minimum absolute atomic E-state index is 0.0427. The van der Waals surface area contributed by atoms with Gasteiger partial charge in [0.15, 0.2) is 5.75 Å². The molecule has 0 amide bonds. The molecule has 0 saturated carbocycles. The zero-order valence-electron chi connectivity index (χ0n) is 11.4. The van der Waals surface area contributed by atoms with Crippen LogP contribution in [0.5, 0.6) is 5.75 Å². The SMILES string of the molecule is CC(CNCC(O)COc1c(Cl)cccc1Cl)S(C)=O. The highest BCUT2D eigenvalue weighted by Crippen LogP contribution is 2.32. The van der Waals surface area contributed by atoms with Crippen molar-refractivity contribution in [1.82, 2.24) is 5.32 Å². The van der Waals surface area contributed by atoms with Crippen molar-refractivity contribution in [3.63, 3.8) is 0 Å². The Bertz CT molecular complexity index is 439. The third kappa shape index (κ3) is 5.97. The predicted octanol–water partition coefficient (Wildman–Crippen LogP) is 2.09. The minimum atomic E-state index is -0.875. The van der Waals surface area contributed by atoms with Gasteiger partial charge in [-0.05, 0) is 19.1 Å². The van der Waals surface area contributed by atoms with Crippen LogP contribution < -0.4 is 10.1 Å². The second-order valence-corrected chi connectivity index (χ2v) is 7.10. The van der Waals surface area contributed by atoms with Gasteiger partial charge in [0.2, 0.25) is 0 Å². The van der Waals surface area contributed by atoms with Crippen LogP contribution in [-0.4, -0.2) is 46.6 Å². The van der Waals surface area contributed by atoms with Gasteiger partial charge < -0.3 is 15.2 Å². The highest BCUT2D eigenvalue weighted by Gasteiger charge is 2.11. The van der Waals surface area contributed by atoms with E-state index < -0.39 is 16.9 Å². The van der Waals surface area contributed by atoms with Gasteiger partial charge in [0.25, 0.3) is 0 Å². The van der Waals surface area contributed by atoms with Gasteiger partial charge in [-0.2, -0.15) is 0 Å². The molecule has 2 N–H and O–H groups in total. The zero-order valence-corrected chi connectivity index (χ0v) is 13.8. The quantitative estimate of drug-likeness (QED) is 0.761. The number of hydrogen-bond donors (Lipinski definition) is 2. The van der Waals surface area contributed by atoms with Gasteiger partial charge in [0, 0.05) is 35.4 Å². The summed E-state index contributed by atoms with van der Waals surface area (Å²) in [5.41, 5.74) is 0. The van der Waals surface area contributed by atoms with E-state index in [1.54, 1.807) is 24.5 Å².